The molecule has 6 unspecified atom stereocenters. The molecule has 0 heterocycles. The highest BCUT2D eigenvalue weighted by atomic mass is 16.5. The zero-order chi connectivity index (χ0) is 73.1. The molecule has 0 aliphatic heterocycles. The first kappa shape index (κ1) is 117. The van der Waals surface area contributed by atoms with Crippen LogP contribution < -0.4 is 9.47 Å². The van der Waals surface area contributed by atoms with Crippen LogP contribution in [0.1, 0.15) is 263 Å². The van der Waals surface area contributed by atoms with Crippen molar-refractivity contribution in [3.8, 4) is 11.5 Å². The van der Waals surface area contributed by atoms with Gasteiger partial charge in [0.1, 0.15) is 37.4 Å². The summed E-state index contributed by atoms with van der Waals surface area (Å²) in [5, 5.41) is 89.0. The van der Waals surface area contributed by atoms with Crippen LogP contribution in [-0.4, -0.2) is 128 Å². The monoisotopic (exact) mass is 1550 g/mol. The lowest BCUT2D eigenvalue weighted by molar-refractivity contribution is 0.0433. The molecule has 111 heavy (non-hydrogen) atoms. The first-order valence-electron chi connectivity index (χ1n) is 37.2. The van der Waals surface area contributed by atoms with Crippen LogP contribution in [-0.2, 0) is 17.8 Å². The largest absolute Gasteiger partial charge is 0.491 e. The molecular weight excluding hydrogens is 1390 g/mol. The molecule has 7 aromatic carbocycles. The minimum Gasteiger partial charge on any atom is -0.491 e. The van der Waals surface area contributed by atoms with Crippen molar-refractivity contribution < 1.29 is 70.1 Å². The van der Waals surface area contributed by atoms with E-state index in [1.807, 2.05) is 188 Å². The van der Waals surface area contributed by atoms with Gasteiger partial charge in [0.15, 0.2) is 0 Å². The number of benzene rings is 7. The van der Waals surface area contributed by atoms with E-state index in [4.69, 9.17) is 45.2 Å². The van der Waals surface area contributed by atoms with E-state index in [0.717, 1.165) is 103 Å². The van der Waals surface area contributed by atoms with E-state index in [9.17, 15) is 20.1 Å². The van der Waals surface area contributed by atoms with Gasteiger partial charge in [0.2, 0.25) is 0 Å². The van der Waals surface area contributed by atoms with Crippen LogP contribution in [0.4, 0.5) is 0 Å². The highest BCUT2D eigenvalue weighted by Gasteiger charge is 2.53. The number of hydrogen-bond acceptors (Lipinski definition) is 14. The fourth-order valence-corrected chi connectivity index (χ4v) is 13.6. The molecular formula is C97H164O14. The number of hydrogen-bond donors (Lipinski definition) is 10. The molecule has 6 aliphatic carbocycles. The van der Waals surface area contributed by atoms with Gasteiger partial charge in [0, 0.05) is 13.2 Å². The van der Waals surface area contributed by atoms with Gasteiger partial charge in [0.05, 0.1) is 49.8 Å². The molecule has 14 heteroatoms. The predicted octanol–water partition coefficient (Wildman–Crippen LogP) is 22.1. The molecule has 14 nitrogen and oxygen atoms in total. The van der Waals surface area contributed by atoms with Gasteiger partial charge in [-0.1, -0.05) is 316 Å². The third-order valence-corrected chi connectivity index (χ3v) is 19.0. The smallest absolute Gasteiger partial charge is 0.338 e. The van der Waals surface area contributed by atoms with Gasteiger partial charge in [0.25, 0.3) is 0 Å². The molecule has 6 saturated carbocycles. The summed E-state index contributed by atoms with van der Waals surface area (Å²) in [4.78, 5) is 11.1. The van der Waals surface area contributed by atoms with Crippen LogP contribution in [0, 0.1) is 40.9 Å². The Balaban J connectivity index is -0.000000216. The first-order valence-corrected chi connectivity index (χ1v) is 37.2. The Bertz CT molecular complexity index is 2960. The minimum atomic E-state index is -0.516. The Hall–Kier alpha value is -6.79. The Morgan fingerprint density at radius 3 is 1.14 bits per heavy atom. The molecule has 0 spiro atoms. The standard InChI is InChI=1S/C13H12O.C11H18O.C10H20O.C9H10O3.C9H12O2.C8H10O2.C8H10O.C7H8O.2C6H12O.10CH4/c14-13(11-7-3-1-4-8-11)12-9-5-2-6-10-12;12-6-8-4-7-5-11(8)10-3-1-2-9(7)10;1-10(2,3)8-4-6-9(11)7-5-8;10-6-7-12-9(11)8-4-2-1-3-5-8;1-8(10)7-11-9-5-3-2-4-6-9;9-6-7-10-8-4-2-1-3-5-8;9-7-6-8-4-2-1-3-5-8;8-6-7-4-2-1-3-5-7;2*7-6-4-2-1-3-5-6;;;;;;;;;;/h1-10,13-14H;7-12H,1-6H2;8-9,11H,4-7H2,1-3H3;1-5,10H,6-7H2;2-6,8,10H,7H2,1H3;1-5,9H,6-7H2;1-5,9H,6-7H2;1-5,8H,6H2;2*6-7H,1-5H2;10*1H4. The summed E-state index contributed by atoms with van der Waals surface area (Å²) in [5.41, 5.74) is 4.97. The van der Waals surface area contributed by atoms with Crippen LogP contribution in [0.3, 0.4) is 0 Å². The summed E-state index contributed by atoms with van der Waals surface area (Å²) in [6, 6.07) is 66.4. The third-order valence-electron chi connectivity index (χ3n) is 19.0. The van der Waals surface area contributed by atoms with Crippen molar-refractivity contribution in [2.24, 2.45) is 40.9 Å². The molecule has 6 fully saturated rings. The van der Waals surface area contributed by atoms with Gasteiger partial charge in [-0.15, -0.1) is 0 Å². The second kappa shape index (κ2) is 72.2. The van der Waals surface area contributed by atoms with E-state index in [0.29, 0.717) is 36.7 Å². The highest BCUT2D eigenvalue weighted by molar-refractivity contribution is 5.89. The highest BCUT2D eigenvalue weighted by Crippen LogP contribution is 2.60. The number of aliphatic hydroxyl groups is 10. The fourth-order valence-electron chi connectivity index (χ4n) is 13.6. The summed E-state index contributed by atoms with van der Waals surface area (Å²) >= 11 is 0. The van der Waals surface area contributed by atoms with E-state index >= 15 is 0 Å². The maximum Gasteiger partial charge on any atom is 0.338 e. The van der Waals surface area contributed by atoms with Crippen molar-refractivity contribution in [3.63, 3.8) is 0 Å². The average molecular weight is 1550 g/mol. The molecule has 13 rings (SSSR count). The molecule has 7 aromatic rings. The molecule has 0 aromatic heterocycles. The zero-order valence-corrected chi connectivity index (χ0v) is 61.0. The predicted molar refractivity (Wildman–Crippen MR) is 474 cm³/mol. The van der Waals surface area contributed by atoms with Gasteiger partial charge in [-0.25, -0.2) is 4.79 Å². The van der Waals surface area contributed by atoms with Crippen molar-refractivity contribution in [1.82, 2.24) is 0 Å². The number of para-hydroxylation sites is 2. The van der Waals surface area contributed by atoms with Gasteiger partial charge in [-0.05, 0) is 190 Å². The van der Waals surface area contributed by atoms with Crippen molar-refractivity contribution in [2.75, 3.05) is 46.2 Å². The van der Waals surface area contributed by atoms with E-state index in [1.54, 1.807) is 31.2 Å². The van der Waals surface area contributed by atoms with E-state index in [-0.39, 0.29) is 126 Å². The number of fused-ring (bicyclic) bond motifs is 5. The Morgan fingerprint density at radius 1 is 0.405 bits per heavy atom. The number of aliphatic hydroxyl groups excluding tert-OH is 10. The second-order valence-corrected chi connectivity index (χ2v) is 28.0. The second-order valence-electron chi connectivity index (χ2n) is 28.0. The summed E-state index contributed by atoms with van der Waals surface area (Å²) in [7, 11) is 0. The Morgan fingerprint density at radius 2 is 0.784 bits per heavy atom. The maximum absolute atomic E-state index is 11.1. The SMILES string of the molecule is C.C.C.C.C.C.C.C.C.C.CC(C)(C)C1CCC(O)CC1.CC(O)COc1ccccc1.O=C(OCCO)c1ccccc1.OC(c1ccccc1)c1ccccc1.OC1CCCCC1.OC1CCCCC1.OCC1CC2CC1C1CCCC21.OCCOc1ccccc1.OCCc1ccccc1.OCc1ccccc1. The summed E-state index contributed by atoms with van der Waals surface area (Å²) in [5.74, 6) is 6.76. The summed E-state index contributed by atoms with van der Waals surface area (Å²) in [6.45, 7) is 10.1. The number of esters is 1. The lowest BCUT2D eigenvalue weighted by Crippen LogP contribution is -2.27. The van der Waals surface area contributed by atoms with Crippen molar-refractivity contribution in [3.05, 3.63) is 240 Å². The Labute approximate surface area is 678 Å². The van der Waals surface area contributed by atoms with E-state index in [2.05, 4.69) is 25.5 Å². The van der Waals surface area contributed by atoms with E-state index in [1.165, 1.54) is 89.0 Å². The van der Waals surface area contributed by atoms with Crippen LogP contribution in [0.25, 0.3) is 0 Å². The fraction of sp³-hybridized carbons (Fsp3) is 0.557. The summed E-state index contributed by atoms with van der Waals surface area (Å²) < 4.78 is 15.0. The van der Waals surface area contributed by atoms with Crippen molar-refractivity contribution >= 4 is 5.97 Å². The first-order chi connectivity index (χ1) is 49.0. The maximum atomic E-state index is 11.1. The minimum absolute atomic E-state index is 0. The third kappa shape index (κ3) is 51.5. The molecule has 6 atom stereocenters. The van der Waals surface area contributed by atoms with Gasteiger partial charge < -0.3 is 65.3 Å². The average Bonchev–Trinajstić information content (AvgIpc) is 1.60. The van der Waals surface area contributed by atoms with Gasteiger partial charge in [-0.3, -0.25) is 0 Å². The molecule has 0 amide bonds. The molecule has 2 bridgehead atoms. The van der Waals surface area contributed by atoms with Crippen LogP contribution >= 0.6 is 0 Å². The zero-order valence-electron chi connectivity index (χ0n) is 61.0. The lowest BCUT2D eigenvalue weighted by Gasteiger charge is -2.35. The lowest BCUT2D eigenvalue weighted by atomic mass is 9.72. The van der Waals surface area contributed by atoms with Crippen LogP contribution in [0.15, 0.2) is 212 Å². The number of ether oxygens (including phenoxy) is 3. The van der Waals surface area contributed by atoms with Crippen LogP contribution in [0.5, 0.6) is 11.5 Å². The van der Waals surface area contributed by atoms with E-state index < -0.39 is 18.2 Å². The molecule has 0 radical (unpaired) electrons. The molecule has 636 valence electrons. The van der Waals surface area contributed by atoms with Crippen molar-refractivity contribution in [1.29, 1.82) is 0 Å². The molecule has 0 saturated heterocycles. The number of carbonyl (C=O) groups excluding carboxylic acids is 1. The van der Waals surface area contributed by atoms with Crippen molar-refractivity contribution in [2.45, 2.75) is 268 Å². The van der Waals surface area contributed by atoms with Crippen LogP contribution in [0.2, 0.25) is 0 Å². The topological polar surface area (TPSA) is 247 Å². The number of rotatable bonds is 15. The molecule has 10 N–H and O–H groups in total. The Kier molecular flexibility index (Phi) is 76.4. The van der Waals surface area contributed by atoms with Gasteiger partial charge in [-0.2, -0.15) is 0 Å². The molecule has 6 aliphatic rings. The number of carbonyl (C=O) groups is 1. The van der Waals surface area contributed by atoms with Gasteiger partial charge >= 0.3 is 5.97 Å². The summed E-state index contributed by atoms with van der Waals surface area (Å²) in [6.07, 6.45) is 23.4. The normalized spacial score (nSPS) is 18.5. The quantitative estimate of drug-likeness (QED) is 0.0429.